The molecule has 0 atom stereocenters. The van der Waals surface area contributed by atoms with Crippen LogP contribution in [0, 0.1) is 5.82 Å². The first-order valence-electron chi connectivity index (χ1n) is 5.78. The van der Waals surface area contributed by atoms with Crippen LogP contribution >= 0.6 is 15.9 Å². The number of nitrogens with zero attached hydrogens (tertiary/aromatic N) is 2. The van der Waals surface area contributed by atoms with Crippen LogP contribution in [0.3, 0.4) is 0 Å². The van der Waals surface area contributed by atoms with E-state index in [1.807, 2.05) is 10.9 Å². The summed E-state index contributed by atoms with van der Waals surface area (Å²) in [6.07, 6.45) is 4.58. The third kappa shape index (κ3) is 3.32. The second-order valence-corrected chi connectivity index (χ2v) is 4.82. The van der Waals surface area contributed by atoms with Crippen molar-refractivity contribution in [3.05, 3.63) is 46.4 Å². The van der Waals surface area contributed by atoms with Crippen LogP contribution in [0.2, 0.25) is 0 Å². The molecule has 96 valence electrons. The number of rotatable bonds is 5. The summed E-state index contributed by atoms with van der Waals surface area (Å²) in [6.45, 7) is 3.36. The van der Waals surface area contributed by atoms with E-state index < -0.39 is 0 Å². The normalized spacial score (nSPS) is 10.6. The first-order valence-corrected chi connectivity index (χ1v) is 6.57. The molecule has 1 aromatic heterocycles. The quantitative estimate of drug-likeness (QED) is 0.840. The van der Waals surface area contributed by atoms with E-state index in [0.29, 0.717) is 11.1 Å². The van der Waals surface area contributed by atoms with Gasteiger partial charge < -0.3 is 4.74 Å². The van der Waals surface area contributed by atoms with Crippen molar-refractivity contribution >= 4 is 15.9 Å². The van der Waals surface area contributed by atoms with Gasteiger partial charge in [-0.15, -0.1) is 0 Å². The lowest BCUT2D eigenvalue weighted by Gasteiger charge is -2.05. The largest absolute Gasteiger partial charge is 0.486 e. The maximum absolute atomic E-state index is 12.9. The number of aromatic nitrogens is 2. The Kier molecular flexibility index (Phi) is 4.36. The first-order chi connectivity index (χ1) is 8.69. The summed E-state index contributed by atoms with van der Waals surface area (Å²) < 4.78 is 21.1. The average molecular weight is 313 g/mol. The maximum atomic E-state index is 12.9. The van der Waals surface area contributed by atoms with E-state index in [0.717, 1.165) is 24.3 Å². The van der Waals surface area contributed by atoms with E-state index in [-0.39, 0.29) is 5.82 Å². The van der Waals surface area contributed by atoms with Crippen molar-refractivity contribution in [1.82, 2.24) is 9.78 Å². The third-order valence-electron chi connectivity index (χ3n) is 2.47. The van der Waals surface area contributed by atoms with Crippen molar-refractivity contribution in [2.45, 2.75) is 26.5 Å². The standard InChI is InChI=1S/C13H14BrFN2O/c1-2-5-17-8-12(7-16-17)18-9-10-3-4-11(15)6-13(10)14/h3-4,6-8H,2,5,9H2,1H3. The van der Waals surface area contributed by atoms with Gasteiger partial charge >= 0.3 is 0 Å². The van der Waals surface area contributed by atoms with Crippen molar-refractivity contribution in [1.29, 1.82) is 0 Å². The molecule has 0 spiro atoms. The Morgan fingerprint density at radius 3 is 3.00 bits per heavy atom. The number of aryl methyl sites for hydroxylation is 1. The Balaban J connectivity index is 1.97. The predicted octanol–water partition coefficient (Wildman–Crippen LogP) is 3.77. The van der Waals surface area contributed by atoms with Crippen molar-refractivity contribution in [2.75, 3.05) is 0 Å². The monoisotopic (exact) mass is 312 g/mol. The van der Waals surface area contributed by atoms with E-state index in [4.69, 9.17) is 4.74 Å². The predicted molar refractivity (Wildman–Crippen MR) is 71.0 cm³/mol. The summed E-state index contributed by atoms with van der Waals surface area (Å²) in [5.74, 6) is 0.459. The zero-order valence-electron chi connectivity index (χ0n) is 10.1. The molecule has 18 heavy (non-hydrogen) atoms. The zero-order chi connectivity index (χ0) is 13.0. The molecule has 0 fully saturated rings. The topological polar surface area (TPSA) is 27.1 Å². The summed E-state index contributed by atoms with van der Waals surface area (Å²) in [5, 5.41) is 4.17. The molecule has 2 aromatic rings. The van der Waals surface area contributed by atoms with Gasteiger partial charge in [-0.25, -0.2) is 4.39 Å². The average Bonchev–Trinajstić information content (AvgIpc) is 2.76. The Labute approximate surface area is 114 Å². The third-order valence-corrected chi connectivity index (χ3v) is 3.21. The molecule has 0 bridgehead atoms. The molecule has 5 heteroatoms. The SMILES string of the molecule is CCCn1cc(OCc2ccc(F)cc2Br)cn1. The lowest BCUT2D eigenvalue weighted by molar-refractivity contribution is 0.305. The van der Waals surface area contributed by atoms with Crippen LogP contribution in [0.1, 0.15) is 18.9 Å². The smallest absolute Gasteiger partial charge is 0.157 e. The Bertz CT molecular complexity index is 527. The molecule has 3 nitrogen and oxygen atoms in total. The fourth-order valence-electron chi connectivity index (χ4n) is 1.57. The molecule has 1 aromatic carbocycles. The second kappa shape index (κ2) is 6.00. The minimum Gasteiger partial charge on any atom is -0.486 e. The van der Waals surface area contributed by atoms with Crippen LogP contribution in [0.4, 0.5) is 4.39 Å². The summed E-state index contributed by atoms with van der Waals surface area (Å²) in [5.41, 5.74) is 0.902. The van der Waals surface area contributed by atoms with E-state index in [1.165, 1.54) is 12.1 Å². The highest BCUT2D eigenvalue weighted by Crippen LogP contribution is 2.20. The Hall–Kier alpha value is -1.36. The van der Waals surface area contributed by atoms with Gasteiger partial charge in [-0.05, 0) is 18.6 Å². The van der Waals surface area contributed by atoms with Gasteiger partial charge in [-0.1, -0.05) is 28.9 Å². The number of benzene rings is 1. The lowest BCUT2D eigenvalue weighted by Crippen LogP contribution is -1.97. The molecular weight excluding hydrogens is 299 g/mol. The summed E-state index contributed by atoms with van der Waals surface area (Å²) in [4.78, 5) is 0. The molecule has 0 radical (unpaired) electrons. The van der Waals surface area contributed by atoms with Crippen molar-refractivity contribution in [2.24, 2.45) is 0 Å². The highest BCUT2D eigenvalue weighted by molar-refractivity contribution is 9.10. The lowest BCUT2D eigenvalue weighted by atomic mass is 10.2. The molecule has 0 unspecified atom stereocenters. The number of hydrogen-bond acceptors (Lipinski definition) is 2. The molecule has 1 heterocycles. The molecule has 0 saturated carbocycles. The second-order valence-electron chi connectivity index (χ2n) is 3.96. The maximum Gasteiger partial charge on any atom is 0.157 e. The van der Waals surface area contributed by atoms with Crippen LogP contribution in [0.5, 0.6) is 5.75 Å². The fraction of sp³-hybridized carbons (Fsp3) is 0.308. The van der Waals surface area contributed by atoms with Crippen LogP contribution in [-0.4, -0.2) is 9.78 Å². The summed E-state index contributed by atoms with van der Waals surface area (Å²) >= 11 is 3.31. The van der Waals surface area contributed by atoms with Crippen LogP contribution < -0.4 is 4.74 Å². The number of hydrogen-bond donors (Lipinski definition) is 0. The van der Waals surface area contributed by atoms with Crippen LogP contribution in [-0.2, 0) is 13.2 Å². The highest BCUT2D eigenvalue weighted by Gasteiger charge is 2.04. The molecule has 0 saturated heterocycles. The molecular formula is C13H14BrFN2O. The van der Waals surface area contributed by atoms with E-state index >= 15 is 0 Å². The minimum absolute atomic E-state index is 0.263. The molecule has 0 amide bonds. The zero-order valence-corrected chi connectivity index (χ0v) is 11.7. The van der Waals surface area contributed by atoms with E-state index in [9.17, 15) is 4.39 Å². The first kappa shape index (κ1) is 13.1. The Morgan fingerprint density at radius 2 is 2.28 bits per heavy atom. The van der Waals surface area contributed by atoms with Gasteiger partial charge in [0.1, 0.15) is 12.4 Å². The Morgan fingerprint density at radius 1 is 1.44 bits per heavy atom. The van der Waals surface area contributed by atoms with Crippen LogP contribution in [0.15, 0.2) is 35.1 Å². The van der Waals surface area contributed by atoms with Crippen molar-refractivity contribution < 1.29 is 9.13 Å². The molecule has 0 N–H and O–H groups in total. The van der Waals surface area contributed by atoms with Gasteiger partial charge in [0.05, 0.1) is 12.4 Å². The minimum atomic E-state index is -0.263. The summed E-state index contributed by atoms with van der Waals surface area (Å²) in [6, 6.07) is 4.55. The van der Waals surface area contributed by atoms with Gasteiger partial charge in [0, 0.05) is 16.6 Å². The highest BCUT2D eigenvalue weighted by atomic mass is 79.9. The molecule has 0 aliphatic heterocycles. The molecule has 0 aliphatic carbocycles. The van der Waals surface area contributed by atoms with Gasteiger partial charge in [0.25, 0.3) is 0 Å². The van der Waals surface area contributed by atoms with Crippen molar-refractivity contribution in [3.8, 4) is 5.75 Å². The van der Waals surface area contributed by atoms with Crippen LogP contribution in [0.25, 0.3) is 0 Å². The van der Waals surface area contributed by atoms with Crippen molar-refractivity contribution in [3.63, 3.8) is 0 Å². The molecule has 2 rings (SSSR count). The number of ether oxygens (including phenoxy) is 1. The van der Waals surface area contributed by atoms with Gasteiger partial charge in [0.15, 0.2) is 5.75 Å². The van der Waals surface area contributed by atoms with Gasteiger partial charge in [-0.3, -0.25) is 4.68 Å². The fourth-order valence-corrected chi connectivity index (χ4v) is 2.04. The van der Waals surface area contributed by atoms with E-state index in [1.54, 1.807) is 12.3 Å². The number of halogens is 2. The molecule has 0 aliphatic rings. The van der Waals surface area contributed by atoms with Gasteiger partial charge in [-0.2, -0.15) is 5.10 Å². The van der Waals surface area contributed by atoms with E-state index in [2.05, 4.69) is 28.0 Å². The summed E-state index contributed by atoms with van der Waals surface area (Å²) in [7, 11) is 0. The van der Waals surface area contributed by atoms with Gasteiger partial charge in [0.2, 0.25) is 0 Å².